The van der Waals surface area contributed by atoms with Gasteiger partial charge in [0, 0.05) is 13.6 Å². The van der Waals surface area contributed by atoms with Crippen LogP contribution in [0.2, 0.25) is 0 Å². The topological polar surface area (TPSA) is 29.5 Å². The van der Waals surface area contributed by atoms with Gasteiger partial charge in [0.15, 0.2) is 0 Å². The largest absolute Gasteiger partial charge is 0.497 e. The molecule has 1 amide bonds. The van der Waals surface area contributed by atoms with Gasteiger partial charge in [-0.1, -0.05) is 24.3 Å². The second-order valence-corrected chi connectivity index (χ2v) is 4.90. The Bertz CT molecular complexity index is 610. The molecule has 0 saturated carbocycles. The molecule has 0 aromatic heterocycles. The molecule has 21 heavy (non-hydrogen) atoms. The van der Waals surface area contributed by atoms with Crippen LogP contribution in [0.25, 0.3) is 0 Å². The van der Waals surface area contributed by atoms with Crippen LogP contribution in [0.1, 0.15) is 11.1 Å². The molecule has 0 fully saturated rings. The molecule has 0 radical (unpaired) electrons. The van der Waals surface area contributed by atoms with Gasteiger partial charge in [-0.25, -0.2) is 4.39 Å². The average Bonchev–Trinajstić information content (AvgIpc) is 2.49. The third-order valence-electron chi connectivity index (χ3n) is 3.25. The molecule has 0 aliphatic carbocycles. The second-order valence-electron chi connectivity index (χ2n) is 4.90. The molecular formula is C17H18FNO2. The SMILES string of the molecule is COc1cccc(CC(=O)N(C)Cc2ccc(F)cc2)c1. The Hall–Kier alpha value is -2.36. The fourth-order valence-electron chi connectivity index (χ4n) is 2.04. The monoisotopic (exact) mass is 287 g/mol. The zero-order valence-corrected chi connectivity index (χ0v) is 12.2. The van der Waals surface area contributed by atoms with Gasteiger partial charge in [-0.3, -0.25) is 4.79 Å². The molecule has 0 unspecified atom stereocenters. The van der Waals surface area contributed by atoms with Crippen molar-refractivity contribution in [2.45, 2.75) is 13.0 Å². The Morgan fingerprint density at radius 3 is 2.52 bits per heavy atom. The minimum absolute atomic E-state index is 0.00702. The predicted molar refractivity (Wildman–Crippen MR) is 79.6 cm³/mol. The van der Waals surface area contributed by atoms with Crippen molar-refractivity contribution in [2.24, 2.45) is 0 Å². The van der Waals surface area contributed by atoms with Crippen molar-refractivity contribution in [3.8, 4) is 5.75 Å². The first-order valence-electron chi connectivity index (χ1n) is 6.70. The van der Waals surface area contributed by atoms with Crippen molar-refractivity contribution in [1.82, 2.24) is 4.90 Å². The van der Waals surface area contributed by atoms with Crippen LogP contribution in [0, 0.1) is 5.82 Å². The van der Waals surface area contributed by atoms with Crippen LogP contribution in [-0.2, 0) is 17.8 Å². The fraction of sp³-hybridized carbons (Fsp3) is 0.235. The van der Waals surface area contributed by atoms with Crippen molar-refractivity contribution in [3.05, 3.63) is 65.5 Å². The van der Waals surface area contributed by atoms with Crippen molar-refractivity contribution in [3.63, 3.8) is 0 Å². The van der Waals surface area contributed by atoms with E-state index in [2.05, 4.69) is 0 Å². The van der Waals surface area contributed by atoms with Gasteiger partial charge in [-0.2, -0.15) is 0 Å². The molecule has 2 aromatic rings. The Labute approximate surface area is 124 Å². The molecule has 0 bridgehead atoms. The van der Waals surface area contributed by atoms with Gasteiger partial charge >= 0.3 is 0 Å². The Morgan fingerprint density at radius 1 is 1.14 bits per heavy atom. The lowest BCUT2D eigenvalue weighted by Crippen LogP contribution is -2.27. The number of carbonyl (C=O) groups is 1. The molecule has 0 N–H and O–H groups in total. The van der Waals surface area contributed by atoms with Crippen molar-refractivity contribution < 1.29 is 13.9 Å². The molecule has 2 rings (SSSR count). The molecule has 0 aliphatic rings. The van der Waals surface area contributed by atoms with Gasteiger partial charge in [0.2, 0.25) is 5.91 Å². The lowest BCUT2D eigenvalue weighted by Gasteiger charge is -2.17. The van der Waals surface area contributed by atoms with Crippen LogP contribution < -0.4 is 4.74 Å². The summed E-state index contributed by atoms with van der Waals surface area (Å²) in [6.07, 6.45) is 0.314. The van der Waals surface area contributed by atoms with E-state index in [9.17, 15) is 9.18 Å². The van der Waals surface area contributed by atoms with Gasteiger partial charge in [-0.05, 0) is 35.4 Å². The van der Waals surface area contributed by atoms with Crippen molar-refractivity contribution in [1.29, 1.82) is 0 Å². The van der Waals surface area contributed by atoms with E-state index in [0.717, 1.165) is 16.9 Å². The Morgan fingerprint density at radius 2 is 1.86 bits per heavy atom. The first-order chi connectivity index (χ1) is 10.1. The van der Waals surface area contributed by atoms with Crippen LogP contribution >= 0.6 is 0 Å². The first-order valence-corrected chi connectivity index (χ1v) is 6.70. The quantitative estimate of drug-likeness (QED) is 0.846. The summed E-state index contributed by atoms with van der Waals surface area (Å²) in [5.74, 6) is 0.471. The summed E-state index contributed by atoms with van der Waals surface area (Å²) in [4.78, 5) is 13.8. The van der Waals surface area contributed by atoms with Gasteiger partial charge < -0.3 is 9.64 Å². The molecular weight excluding hydrogens is 269 g/mol. The summed E-state index contributed by atoms with van der Waals surface area (Å²) in [5.41, 5.74) is 1.81. The number of amides is 1. The molecule has 0 atom stereocenters. The van der Waals surface area contributed by atoms with E-state index >= 15 is 0 Å². The van der Waals surface area contributed by atoms with Crippen LogP contribution in [0.15, 0.2) is 48.5 Å². The van der Waals surface area contributed by atoms with Crippen LogP contribution in [-0.4, -0.2) is 25.0 Å². The molecule has 2 aromatic carbocycles. The standard InChI is InChI=1S/C17H18FNO2/c1-19(12-13-6-8-15(18)9-7-13)17(20)11-14-4-3-5-16(10-14)21-2/h3-10H,11-12H2,1-2H3. The van der Waals surface area contributed by atoms with E-state index in [4.69, 9.17) is 4.74 Å². The van der Waals surface area contributed by atoms with Crippen molar-refractivity contribution >= 4 is 5.91 Å². The van der Waals surface area contributed by atoms with Crippen molar-refractivity contribution in [2.75, 3.05) is 14.2 Å². The molecule has 0 saturated heterocycles. The number of nitrogens with zero attached hydrogens (tertiary/aromatic N) is 1. The summed E-state index contributed by atoms with van der Waals surface area (Å²) in [5, 5.41) is 0. The van der Waals surface area contributed by atoms with E-state index in [1.165, 1.54) is 12.1 Å². The lowest BCUT2D eigenvalue weighted by atomic mass is 10.1. The van der Waals surface area contributed by atoms with Gasteiger partial charge in [-0.15, -0.1) is 0 Å². The predicted octanol–water partition coefficient (Wildman–Crippen LogP) is 3.04. The number of rotatable bonds is 5. The van der Waals surface area contributed by atoms with Gasteiger partial charge in [0.25, 0.3) is 0 Å². The normalized spacial score (nSPS) is 10.2. The highest BCUT2D eigenvalue weighted by Crippen LogP contribution is 2.14. The van der Waals surface area contributed by atoms with Crippen LogP contribution in [0.5, 0.6) is 5.75 Å². The summed E-state index contributed by atoms with van der Waals surface area (Å²) >= 11 is 0. The molecule has 0 spiro atoms. The second kappa shape index (κ2) is 6.88. The fourth-order valence-corrected chi connectivity index (χ4v) is 2.04. The third-order valence-corrected chi connectivity index (χ3v) is 3.25. The van der Waals surface area contributed by atoms with Gasteiger partial charge in [0.05, 0.1) is 13.5 Å². The zero-order valence-electron chi connectivity index (χ0n) is 12.2. The molecule has 0 aliphatic heterocycles. The molecule has 3 nitrogen and oxygen atoms in total. The minimum atomic E-state index is -0.274. The summed E-state index contributed by atoms with van der Waals surface area (Å²) in [6, 6.07) is 13.6. The molecule has 4 heteroatoms. The number of methoxy groups -OCH3 is 1. The maximum Gasteiger partial charge on any atom is 0.227 e. The smallest absolute Gasteiger partial charge is 0.227 e. The van der Waals surface area contributed by atoms with E-state index in [1.807, 2.05) is 24.3 Å². The van der Waals surface area contributed by atoms with E-state index < -0.39 is 0 Å². The number of halogens is 1. The van der Waals surface area contributed by atoms with Crippen LogP contribution in [0.4, 0.5) is 4.39 Å². The highest BCUT2D eigenvalue weighted by molar-refractivity contribution is 5.78. The molecule has 0 heterocycles. The average molecular weight is 287 g/mol. The number of benzene rings is 2. The maximum atomic E-state index is 12.8. The number of hydrogen-bond acceptors (Lipinski definition) is 2. The molecule has 110 valence electrons. The van der Waals surface area contributed by atoms with Gasteiger partial charge in [0.1, 0.15) is 11.6 Å². The summed E-state index contributed by atoms with van der Waals surface area (Å²) in [7, 11) is 3.34. The summed E-state index contributed by atoms with van der Waals surface area (Å²) in [6.45, 7) is 0.461. The van der Waals surface area contributed by atoms with Crippen LogP contribution in [0.3, 0.4) is 0 Å². The first kappa shape index (κ1) is 15.0. The third kappa shape index (κ3) is 4.31. The number of ether oxygens (including phenoxy) is 1. The summed E-state index contributed by atoms with van der Waals surface area (Å²) < 4.78 is 18.0. The highest BCUT2D eigenvalue weighted by atomic mass is 19.1. The Balaban J connectivity index is 1.97. The lowest BCUT2D eigenvalue weighted by molar-refractivity contribution is -0.129. The highest BCUT2D eigenvalue weighted by Gasteiger charge is 2.10. The van der Waals surface area contributed by atoms with E-state index in [0.29, 0.717) is 13.0 Å². The zero-order chi connectivity index (χ0) is 15.2. The maximum absolute atomic E-state index is 12.8. The number of carbonyl (C=O) groups excluding carboxylic acids is 1. The minimum Gasteiger partial charge on any atom is -0.497 e. The number of hydrogen-bond donors (Lipinski definition) is 0. The number of likely N-dealkylation sites (N-methyl/N-ethyl adjacent to an activating group) is 1. The van der Waals surface area contributed by atoms with E-state index in [-0.39, 0.29) is 11.7 Å². The van der Waals surface area contributed by atoms with E-state index in [1.54, 1.807) is 31.2 Å². The Kier molecular flexibility index (Phi) is 4.93.